The summed E-state index contributed by atoms with van der Waals surface area (Å²) in [4.78, 5) is 15.4. The lowest BCUT2D eigenvalue weighted by atomic mass is 9.43. The molecule has 0 aromatic heterocycles. The Bertz CT molecular complexity index is 786. The van der Waals surface area contributed by atoms with E-state index in [0.717, 1.165) is 51.6 Å². The van der Waals surface area contributed by atoms with E-state index in [-0.39, 0.29) is 5.41 Å². The van der Waals surface area contributed by atoms with Gasteiger partial charge in [-0.25, -0.2) is 0 Å². The van der Waals surface area contributed by atoms with Gasteiger partial charge in [-0.05, 0) is 109 Å². The molecule has 4 saturated carbocycles. The van der Waals surface area contributed by atoms with Gasteiger partial charge in [-0.15, -0.1) is 0 Å². The lowest BCUT2D eigenvalue weighted by Crippen LogP contribution is -2.62. The first-order chi connectivity index (χ1) is 16.6. The topological polar surface area (TPSA) is 69.9 Å². The number of fused-ring (bicyclic) bond motifs is 5. The molecule has 4 aliphatic carbocycles. The quantitative estimate of drug-likeness (QED) is 0.297. The summed E-state index contributed by atoms with van der Waals surface area (Å²) in [6.07, 6.45) is 11.8. The number of likely N-dealkylation sites (N-methyl/N-ethyl adjacent to an activating group) is 2. The molecule has 0 aliphatic heterocycles. The molecule has 0 amide bonds. The van der Waals surface area contributed by atoms with Crippen LogP contribution in [0.2, 0.25) is 0 Å². The Balaban J connectivity index is 1.40. The molecule has 1 N–H and O–H groups in total. The van der Waals surface area contributed by atoms with Crippen LogP contribution in [0.3, 0.4) is 0 Å². The molecule has 35 heavy (non-hydrogen) atoms. The SMILES string of the molecule is CN(C)CCON=CC1CC[C@@]2(O)[C@@H]3CCC4CC(=NOCCN(C)C)CC[C@]4(C)[C@@H]3CC[C@]12C. The van der Waals surface area contributed by atoms with Gasteiger partial charge in [-0.3, -0.25) is 0 Å². The molecule has 200 valence electrons. The smallest absolute Gasteiger partial charge is 0.129 e. The van der Waals surface area contributed by atoms with Crippen molar-refractivity contribution in [3.63, 3.8) is 0 Å². The molecule has 0 saturated heterocycles. The van der Waals surface area contributed by atoms with Crippen LogP contribution in [0.25, 0.3) is 0 Å². The Morgan fingerprint density at radius 1 is 0.914 bits per heavy atom. The minimum absolute atomic E-state index is 0.104. The Hall–Kier alpha value is -1.18. The molecule has 0 radical (unpaired) electrons. The fraction of sp³-hybridized carbons (Fsp3) is 0.929. The van der Waals surface area contributed by atoms with Gasteiger partial charge in [-0.2, -0.15) is 0 Å². The summed E-state index contributed by atoms with van der Waals surface area (Å²) in [7, 11) is 8.20. The van der Waals surface area contributed by atoms with Gasteiger partial charge in [-0.1, -0.05) is 24.2 Å². The van der Waals surface area contributed by atoms with Gasteiger partial charge in [0.05, 0.1) is 11.3 Å². The summed E-state index contributed by atoms with van der Waals surface area (Å²) in [6, 6.07) is 0. The highest BCUT2D eigenvalue weighted by Gasteiger charge is 2.66. The van der Waals surface area contributed by atoms with Gasteiger partial charge in [0.1, 0.15) is 13.2 Å². The first-order valence-corrected chi connectivity index (χ1v) is 13.9. The van der Waals surface area contributed by atoms with Gasteiger partial charge >= 0.3 is 0 Å². The molecule has 7 atom stereocenters. The average molecular weight is 491 g/mol. The van der Waals surface area contributed by atoms with Crippen molar-refractivity contribution in [2.75, 3.05) is 54.5 Å². The third-order valence-corrected chi connectivity index (χ3v) is 10.5. The highest BCUT2D eigenvalue weighted by Crippen LogP contribution is 2.68. The van der Waals surface area contributed by atoms with Crippen molar-refractivity contribution >= 4 is 11.9 Å². The Labute approximate surface area is 213 Å². The molecule has 0 heterocycles. The molecule has 0 aromatic carbocycles. The fourth-order valence-electron chi connectivity index (χ4n) is 8.14. The molecule has 7 heteroatoms. The molecule has 4 fully saturated rings. The van der Waals surface area contributed by atoms with E-state index in [4.69, 9.17) is 9.68 Å². The van der Waals surface area contributed by atoms with E-state index in [1.54, 1.807) is 0 Å². The second-order valence-corrected chi connectivity index (χ2v) is 12.9. The number of nitrogens with zero attached hydrogens (tertiary/aromatic N) is 4. The van der Waals surface area contributed by atoms with Crippen LogP contribution in [0.15, 0.2) is 10.3 Å². The van der Waals surface area contributed by atoms with E-state index >= 15 is 0 Å². The van der Waals surface area contributed by atoms with E-state index in [2.05, 4.69) is 48.1 Å². The second kappa shape index (κ2) is 10.7. The molecule has 4 rings (SSSR count). The van der Waals surface area contributed by atoms with Crippen LogP contribution in [-0.4, -0.2) is 86.9 Å². The van der Waals surface area contributed by atoms with Gasteiger partial charge in [0.25, 0.3) is 0 Å². The summed E-state index contributed by atoms with van der Waals surface area (Å²) in [5.74, 6) is 1.95. The number of aliphatic hydroxyl groups is 1. The van der Waals surface area contributed by atoms with Crippen LogP contribution in [0, 0.1) is 34.5 Å². The van der Waals surface area contributed by atoms with Crippen LogP contribution in [0.4, 0.5) is 0 Å². The van der Waals surface area contributed by atoms with Gasteiger partial charge in [0, 0.05) is 30.6 Å². The summed E-state index contributed by atoms with van der Waals surface area (Å²) >= 11 is 0. The first kappa shape index (κ1) is 26.9. The van der Waals surface area contributed by atoms with Crippen LogP contribution < -0.4 is 0 Å². The summed E-state index contributed by atoms with van der Waals surface area (Å²) in [5, 5.41) is 21.2. The van der Waals surface area contributed by atoms with Crippen molar-refractivity contribution in [2.45, 2.75) is 77.2 Å². The predicted molar refractivity (Wildman–Crippen MR) is 142 cm³/mol. The van der Waals surface area contributed by atoms with Crippen molar-refractivity contribution in [3.8, 4) is 0 Å². The molecular formula is C28H50N4O3. The van der Waals surface area contributed by atoms with Crippen molar-refractivity contribution in [3.05, 3.63) is 0 Å². The molecule has 0 spiro atoms. The summed E-state index contributed by atoms with van der Waals surface area (Å²) in [5.41, 5.74) is 0.848. The highest BCUT2D eigenvalue weighted by molar-refractivity contribution is 5.85. The Kier molecular flexibility index (Phi) is 8.19. The van der Waals surface area contributed by atoms with Crippen molar-refractivity contribution < 1.29 is 14.8 Å². The summed E-state index contributed by atoms with van der Waals surface area (Å²) < 4.78 is 0. The van der Waals surface area contributed by atoms with Crippen LogP contribution >= 0.6 is 0 Å². The van der Waals surface area contributed by atoms with Gasteiger partial charge < -0.3 is 24.6 Å². The maximum atomic E-state index is 12.3. The van der Waals surface area contributed by atoms with Crippen molar-refractivity contribution in [1.82, 2.24) is 9.80 Å². The minimum atomic E-state index is -0.589. The molecule has 0 bridgehead atoms. The van der Waals surface area contributed by atoms with Crippen LogP contribution in [0.1, 0.15) is 71.6 Å². The number of rotatable bonds is 9. The third-order valence-electron chi connectivity index (χ3n) is 10.5. The average Bonchev–Trinajstić information content (AvgIpc) is 3.07. The lowest BCUT2D eigenvalue weighted by molar-refractivity contribution is -0.198. The zero-order valence-electron chi connectivity index (χ0n) is 23.1. The largest absolute Gasteiger partial charge is 0.395 e. The molecule has 7 nitrogen and oxygen atoms in total. The minimum Gasteiger partial charge on any atom is -0.395 e. The maximum absolute atomic E-state index is 12.3. The van der Waals surface area contributed by atoms with Gasteiger partial charge in [0.15, 0.2) is 0 Å². The van der Waals surface area contributed by atoms with E-state index < -0.39 is 5.60 Å². The van der Waals surface area contributed by atoms with Crippen molar-refractivity contribution in [2.24, 2.45) is 44.8 Å². The zero-order valence-corrected chi connectivity index (χ0v) is 23.1. The molecule has 4 aliphatic rings. The second-order valence-electron chi connectivity index (χ2n) is 12.9. The fourth-order valence-corrected chi connectivity index (χ4v) is 8.14. The first-order valence-electron chi connectivity index (χ1n) is 13.9. The molecule has 2 unspecified atom stereocenters. The van der Waals surface area contributed by atoms with E-state index in [1.165, 1.54) is 25.0 Å². The van der Waals surface area contributed by atoms with Crippen LogP contribution in [0.5, 0.6) is 0 Å². The normalized spacial score (nSPS) is 42.4. The van der Waals surface area contributed by atoms with Crippen LogP contribution in [-0.2, 0) is 9.68 Å². The lowest BCUT2D eigenvalue weighted by Gasteiger charge is -2.63. The molecular weight excluding hydrogens is 440 g/mol. The third kappa shape index (κ3) is 5.15. The maximum Gasteiger partial charge on any atom is 0.129 e. The van der Waals surface area contributed by atoms with E-state index in [9.17, 15) is 5.11 Å². The predicted octanol–water partition coefficient (Wildman–Crippen LogP) is 4.26. The van der Waals surface area contributed by atoms with E-state index in [0.29, 0.717) is 42.3 Å². The number of oxime groups is 2. The standard InChI is InChI=1S/C28H50N4O3/c1-26-12-10-23(30-35-18-16-32(5)6)19-21(26)7-8-25-24(26)11-13-27(2)22(9-14-28(25,27)33)20-29-34-17-15-31(3)4/h20-22,24-25,33H,7-19H2,1-6H3/t21?,22?,24-,25-,26+,27-,28-/m1/s1. The highest BCUT2D eigenvalue weighted by atomic mass is 16.6. The number of hydrogen-bond acceptors (Lipinski definition) is 7. The Morgan fingerprint density at radius 3 is 2.34 bits per heavy atom. The zero-order chi connectivity index (χ0) is 25.3. The summed E-state index contributed by atoms with van der Waals surface area (Å²) in [6.45, 7) is 7.87. The molecule has 0 aromatic rings. The van der Waals surface area contributed by atoms with E-state index in [1.807, 2.05) is 20.3 Å². The van der Waals surface area contributed by atoms with Gasteiger partial charge in [0.2, 0.25) is 0 Å². The Morgan fingerprint density at radius 2 is 1.63 bits per heavy atom. The number of hydrogen-bond donors (Lipinski definition) is 1. The monoisotopic (exact) mass is 490 g/mol. The van der Waals surface area contributed by atoms with Crippen molar-refractivity contribution in [1.29, 1.82) is 0 Å².